The Kier molecular flexibility index (Phi) is 6.93. The number of para-hydroxylation sites is 4. The number of furan rings is 1. The van der Waals surface area contributed by atoms with Crippen LogP contribution < -0.4 is 5.73 Å². The van der Waals surface area contributed by atoms with Gasteiger partial charge in [-0.25, -0.2) is 0 Å². The summed E-state index contributed by atoms with van der Waals surface area (Å²) in [6.45, 7) is 2.16. The minimum absolute atomic E-state index is 0.856. The monoisotopic (exact) mass is 744 g/mol. The number of hydrogen-bond acceptors (Lipinski definition) is 2. The SMILES string of the molecule is Cc1c(/C=C\N)n(-c2ccc3oc4ccc(-n5c6ccccc6c6cc(-c7cccc8c7c7ccccc7n8-c7ccccc7)ccc65)cc4c3c2)c2ccccc12. The van der Waals surface area contributed by atoms with Gasteiger partial charge in [-0.3, -0.25) is 0 Å². The van der Waals surface area contributed by atoms with E-state index in [1.54, 1.807) is 6.20 Å². The number of aryl methyl sites for hydroxylation is 1. The number of hydrogen-bond donors (Lipinski definition) is 1. The number of nitrogens with two attached hydrogens (primary N) is 1. The van der Waals surface area contributed by atoms with Crippen LogP contribution in [0.4, 0.5) is 0 Å². The number of fused-ring (bicyclic) bond motifs is 10. The third-order valence-electron chi connectivity index (χ3n) is 12.1. The van der Waals surface area contributed by atoms with Gasteiger partial charge in [0.15, 0.2) is 0 Å². The summed E-state index contributed by atoms with van der Waals surface area (Å²) in [5.41, 5.74) is 21.5. The lowest BCUT2D eigenvalue weighted by Crippen LogP contribution is -1.97. The summed E-state index contributed by atoms with van der Waals surface area (Å²) in [6, 6.07) is 63.4. The van der Waals surface area contributed by atoms with E-state index in [-0.39, 0.29) is 0 Å². The fraction of sp³-hybridized carbons (Fsp3) is 0.0189. The van der Waals surface area contributed by atoms with Crippen LogP contribution in [0.1, 0.15) is 11.3 Å². The molecule has 12 aromatic rings. The highest BCUT2D eigenvalue weighted by Crippen LogP contribution is 2.42. The quantitative estimate of drug-likeness (QED) is 0.191. The van der Waals surface area contributed by atoms with Gasteiger partial charge in [0.25, 0.3) is 0 Å². The summed E-state index contributed by atoms with van der Waals surface area (Å²) in [5.74, 6) is 0. The van der Waals surface area contributed by atoms with Crippen LogP contribution in [-0.2, 0) is 0 Å². The third kappa shape index (κ3) is 4.58. The van der Waals surface area contributed by atoms with Gasteiger partial charge in [0.1, 0.15) is 11.2 Å². The first-order valence-corrected chi connectivity index (χ1v) is 19.7. The van der Waals surface area contributed by atoms with E-state index >= 15 is 0 Å². The predicted octanol–water partition coefficient (Wildman–Crippen LogP) is 13.6. The minimum Gasteiger partial charge on any atom is -0.456 e. The number of nitrogens with zero attached hydrogens (tertiary/aromatic N) is 3. The molecular formula is C53H36N4O. The van der Waals surface area contributed by atoms with Crippen molar-refractivity contribution in [3.05, 3.63) is 193 Å². The topological polar surface area (TPSA) is 54.0 Å². The number of benzene rings is 8. The highest BCUT2D eigenvalue weighted by molar-refractivity contribution is 6.17. The Morgan fingerprint density at radius 2 is 1.00 bits per heavy atom. The Balaban J connectivity index is 1.05. The van der Waals surface area contributed by atoms with Crippen LogP contribution in [0, 0.1) is 6.92 Å². The summed E-state index contributed by atoms with van der Waals surface area (Å²) in [6.07, 6.45) is 3.61. The normalized spacial score (nSPS) is 12.2. The molecule has 4 aromatic heterocycles. The lowest BCUT2D eigenvalue weighted by Gasteiger charge is -2.10. The molecule has 0 aliphatic rings. The molecule has 0 spiro atoms. The largest absolute Gasteiger partial charge is 0.456 e. The second kappa shape index (κ2) is 12.4. The summed E-state index contributed by atoms with van der Waals surface area (Å²) in [7, 11) is 0. The molecule has 0 aliphatic carbocycles. The molecule has 0 aliphatic heterocycles. The molecule has 0 radical (unpaired) electrons. The molecule has 0 fully saturated rings. The van der Waals surface area contributed by atoms with Gasteiger partial charge in [-0.15, -0.1) is 0 Å². The Hall–Kier alpha value is -7.76. The molecule has 12 rings (SSSR count). The Labute approximate surface area is 333 Å². The van der Waals surface area contributed by atoms with Crippen molar-refractivity contribution in [2.75, 3.05) is 0 Å². The molecule has 5 heteroatoms. The number of aromatic nitrogens is 3. The third-order valence-corrected chi connectivity index (χ3v) is 12.1. The molecule has 8 aromatic carbocycles. The molecule has 0 saturated heterocycles. The van der Waals surface area contributed by atoms with E-state index < -0.39 is 0 Å². The predicted molar refractivity (Wildman–Crippen MR) is 243 cm³/mol. The Morgan fingerprint density at radius 1 is 0.431 bits per heavy atom. The van der Waals surface area contributed by atoms with Crippen LogP contribution in [0.3, 0.4) is 0 Å². The fourth-order valence-electron chi connectivity index (χ4n) is 9.56. The second-order valence-electron chi connectivity index (χ2n) is 15.2. The lowest BCUT2D eigenvalue weighted by molar-refractivity contribution is 0.669. The second-order valence-corrected chi connectivity index (χ2v) is 15.2. The van der Waals surface area contributed by atoms with Crippen LogP contribution in [0.25, 0.3) is 111 Å². The van der Waals surface area contributed by atoms with Crippen LogP contribution in [0.15, 0.2) is 187 Å². The first-order valence-electron chi connectivity index (χ1n) is 19.7. The summed E-state index contributed by atoms with van der Waals surface area (Å²) < 4.78 is 13.5. The molecular weight excluding hydrogens is 709 g/mol. The highest BCUT2D eigenvalue weighted by Gasteiger charge is 2.20. The van der Waals surface area contributed by atoms with Gasteiger partial charge in [-0.1, -0.05) is 91.0 Å². The van der Waals surface area contributed by atoms with E-state index in [0.717, 1.165) is 61.2 Å². The molecule has 274 valence electrons. The van der Waals surface area contributed by atoms with E-state index in [2.05, 4.69) is 197 Å². The maximum absolute atomic E-state index is 6.47. The fourth-order valence-corrected chi connectivity index (χ4v) is 9.56. The van der Waals surface area contributed by atoms with E-state index in [1.807, 2.05) is 6.08 Å². The van der Waals surface area contributed by atoms with Gasteiger partial charge in [0, 0.05) is 54.8 Å². The van der Waals surface area contributed by atoms with Gasteiger partial charge >= 0.3 is 0 Å². The first kappa shape index (κ1) is 32.5. The van der Waals surface area contributed by atoms with Crippen molar-refractivity contribution >= 4 is 82.5 Å². The van der Waals surface area contributed by atoms with Crippen LogP contribution >= 0.6 is 0 Å². The van der Waals surface area contributed by atoms with Crippen molar-refractivity contribution in [3.63, 3.8) is 0 Å². The van der Waals surface area contributed by atoms with Gasteiger partial charge in [-0.05, 0) is 121 Å². The van der Waals surface area contributed by atoms with Gasteiger partial charge in [0.05, 0.1) is 33.3 Å². The number of rotatable bonds is 5. The molecule has 58 heavy (non-hydrogen) atoms. The van der Waals surface area contributed by atoms with E-state index in [1.165, 1.54) is 54.7 Å². The van der Waals surface area contributed by atoms with Crippen molar-refractivity contribution in [2.45, 2.75) is 6.92 Å². The molecule has 4 heterocycles. The summed E-state index contributed by atoms with van der Waals surface area (Å²) in [4.78, 5) is 0. The van der Waals surface area contributed by atoms with Gasteiger partial charge < -0.3 is 23.9 Å². The van der Waals surface area contributed by atoms with E-state index in [0.29, 0.717) is 0 Å². The maximum Gasteiger partial charge on any atom is 0.135 e. The van der Waals surface area contributed by atoms with Gasteiger partial charge in [-0.2, -0.15) is 0 Å². The highest BCUT2D eigenvalue weighted by atomic mass is 16.3. The van der Waals surface area contributed by atoms with Gasteiger partial charge in [0.2, 0.25) is 0 Å². The summed E-state index contributed by atoms with van der Waals surface area (Å²) in [5, 5.41) is 8.28. The van der Waals surface area contributed by atoms with Crippen molar-refractivity contribution in [1.82, 2.24) is 13.7 Å². The van der Waals surface area contributed by atoms with Crippen LogP contribution in [0.5, 0.6) is 0 Å². The minimum atomic E-state index is 0.856. The zero-order valence-electron chi connectivity index (χ0n) is 31.7. The first-order chi connectivity index (χ1) is 28.7. The Morgan fingerprint density at radius 3 is 1.72 bits per heavy atom. The average Bonchev–Trinajstić information content (AvgIpc) is 4.00. The van der Waals surface area contributed by atoms with Crippen molar-refractivity contribution in [1.29, 1.82) is 0 Å². The average molecular weight is 745 g/mol. The molecule has 0 saturated carbocycles. The van der Waals surface area contributed by atoms with E-state index in [4.69, 9.17) is 10.2 Å². The van der Waals surface area contributed by atoms with E-state index in [9.17, 15) is 0 Å². The molecule has 0 unspecified atom stereocenters. The molecule has 5 nitrogen and oxygen atoms in total. The molecule has 0 bridgehead atoms. The Bertz CT molecular complexity index is 3650. The van der Waals surface area contributed by atoms with Crippen LogP contribution in [0.2, 0.25) is 0 Å². The lowest BCUT2D eigenvalue weighted by atomic mass is 9.98. The van der Waals surface area contributed by atoms with Crippen molar-refractivity contribution in [3.8, 4) is 28.2 Å². The maximum atomic E-state index is 6.47. The standard InChI is InChI=1S/C53H36N4O/c1-33-38-14-5-8-18-46(38)56(45(33)28-29-54)36-23-26-51-43(31-36)44-32-37(24-27-52(44)58-51)57-47-19-9-6-15-40(47)42-30-34(22-25-49(42)57)39-17-11-21-50-53(39)41-16-7-10-20-48(41)55(50)35-12-3-2-4-13-35/h2-32H,54H2,1H3/b29-28-. The summed E-state index contributed by atoms with van der Waals surface area (Å²) >= 11 is 0. The van der Waals surface area contributed by atoms with Crippen molar-refractivity contribution in [2.24, 2.45) is 5.73 Å². The van der Waals surface area contributed by atoms with Crippen LogP contribution in [-0.4, -0.2) is 13.7 Å². The zero-order valence-corrected chi connectivity index (χ0v) is 31.7. The molecule has 0 atom stereocenters. The molecule has 2 N–H and O–H groups in total. The van der Waals surface area contributed by atoms with Crippen molar-refractivity contribution < 1.29 is 4.42 Å². The zero-order chi connectivity index (χ0) is 38.5. The molecule has 0 amide bonds. The smallest absolute Gasteiger partial charge is 0.135 e.